The van der Waals surface area contributed by atoms with Crippen LogP contribution < -0.4 is 5.73 Å². The Hall–Kier alpha value is -1.31. The van der Waals surface area contributed by atoms with E-state index in [1.165, 1.54) is 5.56 Å². The molecular weight excluding hydrogens is 186 g/mol. The third kappa shape index (κ3) is 3.39. The molecule has 0 bridgehead atoms. The van der Waals surface area contributed by atoms with Crippen molar-refractivity contribution < 1.29 is 4.79 Å². The number of hydrogen-bond donors (Lipinski definition) is 1. The SMILES string of the molecule is CCC(CC(C)c1ccccc1)C(N)=O. The smallest absolute Gasteiger partial charge is 0.220 e. The molecular formula is C13H19NO. The highest BCUT2D eigenvalue weighted by atomic mass is 16.1. The van der Waals surface area contributed by atoms with Crippen LogP contribution in [-0.2, 0) is 4.79 Å². The fraction of sp³-hybridized carbons (Fsp3) is 0.462. The van der Waals surface area contributed by atoms with Crippen molar-refractivity contribution in [2.24, 2.45) is 11.7 Å². The van der Waals surface area contributed by atoms with Crippen LogP contribution >= 0.6 is 0 Å². The van der Waals surface area contributed by atoms with E-state index >= 15 is 0 Å². The summed E-state index contributed by atoms with van der Waals surface area (Å²) in [5.41, 5.74) is 6.61. The van der Waals surface area contributed by atoms with Gasteiger partial charge in [-0.1, -0.05) is 44.2 Å². The summed E-state index contributed by atoms with van der Waals surface area (Å²) in [5, 5.41) is 0. The Balaban J connectivity index is 2.62. The van der Waals surface area contributed by atoms with E-state index in [2.05, 4.69) is 19.1 Å². The topological polar surface area (TPSA) is 43.1 Å². The van der Waals surface area contributed by atoms with Crippen LogP contribution in [-0.4, -0.2) is 5.91 Å². The fourth-order valence-electron chi connectivity index (χ4n) is 1.83. The maximum absolute atomic E-state index is 11.1. The first-order valence-electron chi connectivity index (χ1n) is 5.49. The molecule has 15 heavy (non-hydrogen) atoms. The lowest BCUT2D eigenvalue weighted by Gasteiger charge is -2.17. The van der Waals surface area contributed by atoms with Gasteiger partial charge in [-0.25, -0.2) is 0 Å². The molecule has 1 amide bonds. The molecule has 0 fully saturated rings. The first-order chi connectivity index (χ1) is 7.15. The number of amides is 1. The van der Waals surface area contributed by atoms with Crippen LogP contribution in [0.1, 0.15) is 38.2 Å². The number of primary amides is 1. The van der Waals surface area contributed by atoms with E-state index in [-0.39, 0.29) is 11.8 Å². The first kappa shape index (κ1) is 11.8. The average Bonchev–Trinajstić information content (AvgIpc) is 2.26. The fourth-order valence-corrected chi connectivity index (χ4v) is 1.83. The predicted molar refractivity (Wildman–Crippen MR) is 62.4 cm³/mol. The molecule has 2 heteroatoms. The highest BCUT2D eigenvalue weighted by molar-refractivity contribution is 5.76. The van der Waals surface area contributed by atoms with Crippen molar-refractivity contribution in [2.45, 2.75) is 32.6 Å². The van der Waals surface area contributed by atoms with Crippen molar-refractivity contribution in [3.8, 4) is 0 Å². The van der Waals surface area contributed by atoms with Gasteiger partial charge in [-0.2, -0.15) is 0 Å². The molecule has 1 rings (SSSR count). The van der Waals surface area contributed by atoms with Gasteiger partial charge in [0, 0.05) is 5.92 Å². The van der Waals surface area contributed by atoms with Crippen LogP contribution in [0.2, 0.25) is 0 Å². The van der Waals surface area contributed by atoms with E-state index in [9.17, 15) is 4.79 Å². The van der Waals surface area contributed by atoms with E-state index in [0.29, 0.717) is 5.92 Å². The molecule has 0 saturated carbocycles. The number of carbonyl (C=O) groups excluding carboxylic acids is 1. The average molecular weight is 205 g/mol. The van der Waals surface area contributed by atoms with Crippen LogP contribution in [0.15, 0.2) is 30.3 Å². The molecule has 1 aromatic rings. The highest BCUT2D eigenvalue weighted by Crippen LogP contribution is 2.24. The summed E-state index contributed by atoms with van der Waals surface area (Å²) >= 11 is 0. The predicted octanol–water partition coefficient (Wildman–Crippen LogP) is 2.69. The van der Waals surface area contributed by atoms with Gasteiger partial charge in [0.1, 0.15) is 0 Å². The Morgan fingerprint density at radius 2 is 1.93 bits per heavy atom. The Morgan fingerprint density at radius 1 is 1.33 bits per heavy atom. The number of rotatable bonds is 5. The second kappa shape index (κ2) is 5.54. The number of hydrogen-bond acceptors (Lipinski definition) is 1. The molecule has 0 radical (unpaired) electrons. The van der Waals surface area contributed by atoms with E-state index < -0.39 is 0 Å². The molecule has 82 valence electrons. The van der Waals surface area contributed by atoms with Gasteiger partial charge in [-0.3, -0.25) is 4.79 Å². The first-order valence-corrected chi connectivity index (χ1v) is 5.49. The van der Waals surface area contributed by atoms with E-state index in [1.54, 1.807) is 0 Å². The lowest BCUT2D eigenvalue weighted by Crippen LogP contribution is -2.23. The molecule has 0 heterocycles. The summed E-state index contributed by atoms with van der Waals surface area (Å²) < 4.78 is 0. The molecule has 0 aliphatic heterocycles. The van der Waals surface area contributed by atoms with E-state index in [1.807, 2.05) is 25.1 Å². The maximum atomic E-state index is 11.1. The van der Waals surface area contributed by atoms with Gasteiger partial charge in [0.25, 0.3) is 0 Å². The monoisotopic (exact) mass is 205 g/mol. The van der Waals surface area contributed by atoms with E-state index in [4.69, 9.17) is 5.73 Å². The number of benzene rings is 1. The highest BCUT2D eigenvalue weighted by Gasteiger charge is 2.17. The van der Waals surface area contributed by atoms with Crippen molar-refractivity contribution in [2.75, 3.05) is 0 Å². The van der Waals surface area contributed by atoms with Crippen LogP contribution in [0, 0.1) is 5.92 Å². The normalized spacial score (nSPS) is 14.5. The molecule has 2 N–H and O–H groups in total. The summed E-state index contributed by atoms with van der Waals surface area (Å²) in [6, 6.07) is 10.2. The Labute approximate surface area is 91.5 Å². The van der Waals surface area contributed by atoms with Gasteiger partial charge < -0.3 is 5.73 Å². The van der Waals surface area contributed by atoms with Crippen LogP contribution in [0.3, 0.4) is 0 Å². The van der Waals surface area contributed by atoms with Crippen molar-refractivity contribution in [3.05, 3.63) is 35.9 Å². The standard InChI is InChI=1S/C13H19NO/c1-3-11(13(14)15)9-10(2)12-7-5-4-6-8-12/h4-8,10-11H,3,9H2,1-2H3,(H2,14,15). The van der Waals surface area contributed by atoms with Gasteiger partial charge in [0.05, 0.1) is 0 Å². The summed E-state index contributed by atoms with van der Waals surface area (Å²) in [5.74, 6) is 0.212. The molecule has 0 aromatic heterocycles. The maximum Gasteiger partial charge on any atom is 0.220 e. The lowest BCUT2D eigenvalue weighted by molar-refractivity contribution is -0.122. The van der Waals surface area contributed by atoms with Crippen molar-refractivity contribution in [3.63, 3.8) is 0 Å². The van der Waals surface area contributed by atoms with E-state index in [0.717, 1.165) is 12.8 Å². The number of carbonyl (C=O) groups is 1. The summed E-state index contributed by atoms with van der Waals surface area (Å²) in [7, 11) is 0. The molecule has 0 saturated heterocycles. The molecule has 2 atom stereocenters. The Morgan fingerprint density at radius 3 is 2.40 bits per heavy atom. The largest absolute Gasteiger partial charge is 0.369 e. The van der Waals surface area contributed by atoms with Gasteiger partial charge in [-0.05, 0) is 24.3 Å². The number of nitrogens with two attached hydrogens (primary N) is 1. The minimum Gasteiger partial charge on any atom is -0.369 e. The quantitative estimate of drug-likeness (QED) is 0.789. The van der Waals surface area contributed by atoms with Crippen molar-refractivity contribution in [1.29, 1.82) is 0 Å². The Bertz CT molecular complexity index is 308. The summed E-state index contributed by atoms with van der Waals surface area (Å²) in [6.45, 7) is 4.15. The summed E-state index contributed by atoms with van der Waals surface area (Å²) in [4.78, 5) is 11.1. The second-order valence-corrected chi connectivity index (χ2v) is 4.05. The molecule has 0 spiro atoms. The zero-order valence-corrected chi connectivity index (χ0v) is 9.44. The van der Waals surface area contributed by atoms with Gasteiger partial charge in [0.2, 0.25) is 5.91 Å². The third-order valence-electron chi connectivity index (χ3n) is 2.90. The minimum absolute atomic E-state index is 0.000191. The van der Waals surface area contributed by atoms with Gasteiger partial charge in [0.15, 0.2) is 0 Å². The zero-order valence-electron chi connectivity index (χ0n) is 9.44. The molecule has 0 aliphatic rings. The second-order valence-electron chi connectivity index (χ2n) is 4.05. The lowest BCUT2D eigenvalue weighted by atomic mass is 9.88. The molecule has 1 aromatic carbocycles. The minimum atomic E-state index is -0.180. The van der Waals surface area contributed by atoms with Gasteiger partial charge in [-0.15, -0.1) is 0 Å². The van der Waals surface area contributed by atoms with Crippen molar-refractivity contribution >= 4 is 5.91 Å². The van der Waals surface area contributed by atoms with Crippen LogP contribution in [0.4, 0.5) is 0 Å². The molecule has 2 unspecified atom stereocenters. The zero-order chi connectivity index (χ0) is 11.3. The van der Waals surface area contributed by atoms with Crippen molar-refractivity contribution in [1.82, 2.24) is 0 Å². The summed E-state index contributed by atoms with van der Waals surface area (Å²) in [6.07, 6.45) is 1.67. The third-order valence-corrected chi connectivity index (χ3v) is 2.90. The Kier molecular flexibility index (Phi) is 4.35. The molecule has 0 aliphatic carbocycles. The van der Waals surface area contributed by atoms with Gasteiger partial charge >= 0.3 is 0 Å². The molecule has 2 nitrogen and oxygen atoms in total. The van der Waals surface area contributed by atoms with Crippen LogP contribution in [0.5, 0.6) is 0 Å². The van der Waals surface area contributed by atoms with Crippen LogP contribution in [0.25, 0.3) is 0 Å².